The first kappa shape index (κ1) is 31.9. The summed E-state index contributed by atoms with van der Waals surface area (Å²) in [6.45, 7) is 13.2. The Morgan fingerprint density at radius 2 is 1.51 bits per heavy atom. The van der Waals surface area contributed by atoms with Crippen LogP contribution in [0.2, 0.25) is 0 Å². The summed E-state index contributed by atoms with van der Waals surface area (Å²) in [5.74, 6) is -0.700. The van der Waals surface area contributed by atoms with Gasteiger partial charge in [0.2, 0.25) is 11.8 Å². The molecule has 0 saturated carbocycles. The Morgan fingerprint density at radius 1 is 0.829 bits per heavy atom. The molecule has 0 fully saturated rings. The number of nitrogens with one attached hydrogen (secondary N) is 1. The second kappa shape index (κ2) is 13.8. The van der Waals surface area contributed by atoms with Crippen molar-refractivity contribution in [3.05, 3.63) is 94.5 Å². The lowest BCUT2D eigenvalue weighted by atomic mass is 10.1. The number of anilines is 1. The van der Waals surface area contributed by atoms with Gasteiger partial charge >= 0.3 is 0 Å². The van der Waals surface area contributed by atoms with Crippen LogP contribution in [0.15, 0.2) is 71.6 Å². The number of amides is 2. The normalized spacial score (nSPS) is 12.9. The third-order valence-electron chi connectivity index (χ3n) is 7.49. The Balaban J connectivity index is 2.09. The van der Waals surface area contributed by atoms with E-state index in [9.17, 15) is 18.0 Å². The van der Waals surface area contributed by atoms with Crippen molar-refractivity contribution in [2.75, 3.05) is 10.8 Å². The van der Waals surface area contributed by atoms with E-state index >= 15 is 0 Å². The van der Waals surface area contributed by atoms with Crippen LogP contribution >= 0.6 is 0 Å². The average molecular weight is 578 g/mol. The SMILES string of the molecule is CC[C@@H](C)NC(=O)[C@H](CC)N(Cc1cccc(C)c1)C(=O)CN(c1ccc(C)c(C)c1)S(=O)(=O)c1ccc(C)cc1. The first-order valence-electron chi connectivity index (χ1n) is 14.2. The Morgan fingerprint density at radius 3 is 2.10 bits per heavy atom. The van der Waals surface area contributed by atoms with Crippen molar-refractivity contribution in [3.63, 3.8) is 0 Å². The predicted molar refractivity (Wildman–Crippen MR) is 165 cm³/mol. The zero-order valence-corrected chi connectivity index (χ0v) is 26.1. The number of carbonyl (C=O) groups is 2. The summed E-state index contributed by atoms with van der Waals surface area (Å²) in [7, 11) is -4.10. The summed E-state index contributed by atoms with van der Waals surface area (Å²) in [5.41, 5.74) is 5.16. The third-order valence-corrected chi connectivity index (χ3v) is 9.28. The van der Waals surface area contributed by atoms with E-state index in [1.54, 1.807) is 36.4 Å². The van der Waals surface area contributed by atoms with Gasteiger partial charge in [0.05, 0.1) is 10.6 Å². The van der Waals surface area contributed by atoms with Crippen molar-refractivity contribution in [1.82, 2.24) is 10.2 Å². The number of sulfonamides is 1. The number of nitrogens with zero attached hydrogens (tertiary/aromatic N) is 2. The molecule has 2 atom stereocenters. The third kappa shape index (κ3) is 7.97. The lowest BCUT2D eigenvalue weighted by molar-refractivity contribution is -0.140. The number of rotatable bonds is 12. The number of carbonyl (C=O) groups excluding carboxylic acids is 2. The van der Waals surface area contributed by atoms with E-state index in [0.29, 0.717) is 12.1 Å². The molecule has 8 heteroatoms. The largest absolute Gasteiger partial charge is 0.352 e. The summed E-state index contributed by atoms with van der Waals surface area (Å²) >= 11 is 0. The zero-order valence-electron chi connectivity index (χ0n) is 25.3. The fraction of sp³-hybridized carbons (Fsp3) is 0.394. The van der Waals surface area contributed by atoms with Crippen molar-refractivity contribution in [1.29, 1.82) is 0 Å². The molecule has 7 nitrogen and oxygen atoms in total. The fourth-order valence-electron chi connectivity index (χ4n) is 4.61. The minimum atomic E-state index is -4.10. The number of benzene rings is 3. The van der Waals surface area contributed by atoms with Crippen LogP contribution in [0.4, 0.5) is 5.69 Å². The lowest BCUT2D eigenvalue weighted by Gasteiger charge is -2.34. The molecule has 0 aliphatic carbocycles. The van der Waals surface area contributed by atoms with Gasteiger partial charge < -0.3 is 10.2 Å². The van der Waals surface area contributed by atoms with E-state index in [1.165, 1.54) is 4.90 Å². The van der Waals surface area contributed by atoms with Gasteiger partial charge in [-0.1, -0.05) is 67.4 Å². The molecule has 220 valence electrons. The molecule has 0 heterocycles. The number of hydrogen-bond donors (Lipinski definition) is 1. The van der Waals surface area contributed by atoms with Crippen LogP contribution < -0.4 is 9.62 Å². The maximum absolute atomic E-state index is 14.2. The zero-order chi connectivity index (χ0) is 30.3. The molecule has 3 aromatic rings. The summed E-state index contributed by atoms with van der Waals surface area (Å²) in [4.78, 5) is 29.2. The number of aryl methyl sites for hydroxylation is 4. The molecule has 0 aliphatic heterocycles. The minimum Gasteiger partial charge on any atom is -0.352 e. The smallest absolute Gasteiger partial charge is 0.264 e. The second-order valence-corrected chi connectivity index (χ2v) is 12.7. The van der Waals surface area contributed by atoms with E-state index in [2.05, 4.69) is 5.32 Å². The second-order valence-electron chi connectivity index (χ2n) is 10.8. The standard InChI is InChI=1S/C33H43N3O4S/c1-8-27(7)34-33(38)31(9-2)35(21-28-12-10-11-24(4)19-28)32(37)22-36(29-16-15-25(5)26(6)20-29)41(39,40)30-17-13-23(3)14-18-30/h10-20,27,31H,8-9,21-22H2,1-7H3,(H,34,38)/t27-,31+/m1/s1. The van der Waals surface area contributed by atoms with Gasteiger partial charge in [-0.2, -0.15) is 0 Å². The van der Waals surface area contributed by atoms with Crippen LogP contribution in [0.1, 0.15) is 61.4 Å². The van der Waals surface area contributed by atoms with Gasteiger partial charge in [-0.3, -0.25) is 13.9 Å². The summed E-state index contributed by atoms with van der Waals surface area (Å²) in [5, 5.41) is 3.01. The molecule has 2 amide bonds. The van der Waals surface area contributed by atoms with E-state index in [-0.39, 0.29) is 23.4 Å². The quantitative estimate of drug-likeness (QED) is 0.293. The molecule has 0 bridgehead atoms. The average Bonchev–Trinajstić information content (AvgIpc) is 2.93. The van der Waals surface area contributed by atoms with Crippen LogP contribution in [0, 0.1) is 27.7 Å². The van der Waals surface area contributed by atoms with Crippen molar-refractivity contribution in [2.45, 2.75) is 84.8 Å². The molecule has 0 aromatic heterocycles. The van der Waals surface area contributed by atoms with Crippen LogP contribution in [-0.2, 0) is 26.2 Å². The van der Waals surface area contributed by atoms with Crippen LogP contribution in [0.3, 0.4) is 0 Å². The van der Waals surface area contributed by atoms with Gasteiger partial charge in [0.25, 0.3) is 10.0 Å². The minimum absolute atomic E-state index is 0.0542. The highest BCUT2D eigenvalue weighted by Crippen LogP contribution is 2.27. The van der Waals surface area contributed by atoms with E-state index < -0.39 is 28.5 Å². The Labute approximate surface area is 245 Å². The molecule has 0 saturated heterocycles. The molecule has 0 radical (unpaired) electrons. The molecular formula is C33H43N3O4S. The van der Waals surface area contributed by atoms with E-state index in [1.807, 2.05) is 78.8 Å². The molecule has 0 aliphatic rings. The molecule has 3 aromatic carbocycles. The van der Waals surface area contributed by atoms with Gasteiger partial charge in [0, 0.05) is 12.6 Å². The topological polar surface area (TPSA) is 86.8 Å². The van der Waals surface area contributed by atoms with E-state index in [4.69, 9.17) is 0 Å². The highest BCUT2D eigenvalue weighted by molar-refractivity contribution is 7.92. The molecule has 3 rings (SSSR count). The summed E-state index contributed by atoms with van der Waals surface area (Å²) < 4.78 is 29.2. The van der Waals surface area contributed by atoms with Crippen molar-refractivity contribution in [3.8, 4) is 0 Å². The van der Waals surface area contributed by atoms with E-state index in [0.717, 1.165) is 38.5 Å². The lowest BCUT2D eigenvalue weighted by Crippen LogP contribution is -2.53. The van der Waals surface area contributed by atoms with Crippen LogP contribution in [-0.4, -0.2) is 43.8 Å². The predicted octanol–water partition coefficient (Wildman–Crippen LogP) is 5.84. The molecule has 0 spiro atoms. The summed E-state index contributed by atoms with van der Waals surface area (Å²) in [6.07, 6.45) is 1.14. The van der Waals surface area contributed by atoms with Gasteiger partial charge in [-0.25, -0.2) is 8.42 Å². The van der Waals surface area contributed by atoms with Crippen molar-refractivity contribution in [2.24, 2.45) is 0 Å². The molecular weight excluding hydrogens is 534 g/mol. The monoisotopic (exact) mass is 577 g/mol. The van der Waals surface area contributed by atoms with Crippen molar-refractivity contribution >= 4 is 27.5 Å². The highest BCUT2D eigenvalue weighted by atomic mass is 32.2. The van der Waals surface area contributed by atoms with Crippen LogP contribution in [0.25, 0.3) is 0 Å². The maximum atomic E-state index is 14.2. The highest BCUT2D eigenvalue weighted by Gasteiger charge is 2.34. The Hall–Kier alpha value is -3.65. The summed E-state index contributed by atoms with van der Waals surface area (Å²) in [6, 6.07) is 18.9. The van der Waals surface area contributed by atoms with Gasteiger partial charge in [-0.05, 0) is 88.4 Å². The number of hydrogen-bond acceptors (Lipinski definition) is 4. The Kier molecular flexibility index (Phi) is 10.7. The first-order valence-corrected chi connectivity index (χ1v) is 15.6. The molecule has 0 unspecified atom stereocenters. The van der Waals surface area contributed by atoms with Crippen LogP contribution in [0.5, 0.6) is 0 Å². The van der Waals surface area contributed by atoms with Gasteiger partial charge in [0.15, 0.2) is 0 Å². The molecule has 1 N–H and O–H groups in total. The van der Waals surface area contributed by atoms with Crippen molar-refractivity contribution < 1.29 is 18.0 Å². The van der Waals surface area contributed by atoms with Gasteiger partial charge in [-0.15, -0.1) is 0 Å². The first-order chi connectivity index (χ1) is 19.4. The fourth-order valence-corrected chi connectivity index (χ4v) is 6.02. The Bertz CT molecular complexity index is 1470. The maximum Gasteiger partial charge on any atom is 0.264 e. The molecule has 41 heavy (non-hydrogen) atoms. The van der Waals surface area contributed by atoms with Gasteiger partial charge in [0.1, 0.15) is 12.6 Å².